The van der Waals surface area contributed by atoms with Crippen LogP contribution in [0.3, 0.4) is 0 Å². The molecule has 0 fully saturated rings. The Labute approximate surface area is 130 Å². The number of nitrogens with zero attached hydrogens (tertiary/aromatic N) is 2. The summed E-state index contributed by atoms with van der Waals surface area (Å²) < 4.78 is 42.8. The van der Waals surface area contributed by atoms with Gasteiger partial charge < -0.3 is 10.1 Å². The van der Waals surface area contributed by atoms with Gasteiger partial charge >= 0.3 is 6.18 Å². The molecule has 118 valence electrons. The summed E-state index contributed by atoms with van der Waals surface area (Å²) in [6, 6.07) is 8.02. The van der Waals surface area contributed by atoms with Gasteiger partial charge in [0.05, 0.1) is 13.2 Å². The molecule has 0 radical (unpaired) electrons. The smallest absolute Gasteiger partial charge is 0.375 e. The zero-order chi connectivity index (χ0) is 16.0. The van der Waals surface area contributed by atoms with Crippen LogP contribution in [0.25, 0.3) is 0 Å². The zero-order valence-electron chi connectivity index (χ0n) is 11.4. The van der Waals surface area contributed by atoms with Crippen LogP contribution in [0.2, 0.25) is 5.02 Å². The lowest BCUT2D eigenvalue weighted by Crippen LogP contribution is -2.14. The first-order chi connectivity index (χ1) is 10.4. The van der Waals surface area contributed by atoms with E-state index in [9.17, 15) is 13.2 Å². The molecule has 0 atom stereocenters. The molecule has 0 aliphatic rings. The molecule has 8 heteroatoms. The van der Waals surface area contributed by atoms with Crippen molar-refractivity contribution in [2.24, 2.45) is 0 Å². The van der Waals surface area contributed by atoms with E-state index in [1.807, 2.05) is 12.1 Å². The standard InChI is InChI=1S/C14H13ClF3N3O/c15-11-3-1-10(2-4-11)9-22-8-7-20-13-19-6-5-12(21-13)14(16,17)18/h1-6H,7-9H2,(H,19,20,21). The van der Waals surface area contributed by atoms with Crippen molar-refractivity contribution in [2.75, 3.05) is 18.5 Å². The third-order valence-corrected chi connectivity index (χ3v) is 2.91. The van der Waals surface area contributed by atoms with Crippen LogP contribution in [0.15, 0.2) is 36.5 Å². The molecule has 0 unspecified atom stereocenters. The molecule has 1 aromatic carbocycles. The average molecular weight is 332 g/mol. The van der Waals surface area contributed by atoms with E-state index in [4.69, 9.17) is 16.3 Å². The van der Waals surface area contributed by atoms with Crippen molar-refractivity contribution in [3.63, 3.8) is 0 Å². The Kier molecular flexibility index (Phi) is 5.57. The molecule has 4 nitrogen and oxygen atoms in total. The Bertz CT molecular complexity index is 605. The third-order valence-electron chi connectivity index (χ3n) is 2.66. The number of benzene rings is 1. The summed E-state index contributed by atoms with van der Waals surface area (Å²) >= 11 is 5.76. The van der Waals surface area contributed by atoms with Crippen LogP contribution in [-0.4, -0.2) is 23.1 Å². The normalized spacial score (nSPS) is 11.5. The van der Waals surface area contributed by atoms with E-state index in [0.29, 0.717) is 24.8 Å². The maximum Gasteiger partial charge on any atom is 0.433 e. The fraction of sp³-hybridized carbons (Fsp3) is 0.286. The average Bonchev–Trinajstić information content (AvgIpc) is 2.48. The van der Waals surface area contributed by atoms with Gasteiger partial charge in [-0.2, -0.15) is 13.2 Å². The van der Waals surface area contributed by atoms with Crippen LogP contribution >= 0.6 is 11.6 Å². The zero-order valence-corrected chi connectivity index (χ0v) is 12.2. The van der Waals surface area contributed by atoms with E-state index in [-0.39, 0.29) is 5.95 Å². The van der Waals surface area contributed by atoms with Crippen LogP contribution in [-0.2, 0) is 17.5 Å². The molecule has 1 aromatic heterocycles. The van der Waals surface area contributed by atoms with Crippen molar-refractivity contribution in [3.8, 4) is 0 Å². The summed E-state index contributed by atoms with van der Waals surface area (Å²) in [6.07, 6.45) is -3.42. The fourth-order valence-corrected chi connectivity index (χ4v) is 1.73. The molecule has 0 aliphatic heterocycles. The molecular formula is C14H13ClF3N3O. The third kappa shape index (κ3) is 5.16. The Balaban J connectivity index is 1.74. The van der Waals surface area contributed by atoms with E-state index in [0.717, 1.165) is 17.8 Å². The molecule has 0 spiro atoms. The van der Waals surface area contributed by atoms with E-state index in [2.05, 4.69) is 15.3 Å². The fourth-order valence-electron chi connectivity index (χ4n) is 1.61. The molecule has 0 aliphatic carbocycles. The van der Waals surface area contributed by atoms with E-state index in [1.165, 1.54) is 0 Å². The van der Waals surface area contributed by atoms with Crippen LogP contribution in [0, 0.1) is 0 Å². The van der Waals surface area contributed by atoms with Gasteiger partial charge in [0.2, 0.25) is 5.95 Å². The quantitative estimate of drug-likeness (QED) is 0.818. The van der Waals surface area contributed by atoms with E-state index >= 15 is 0 Å². The summed E-state index contributed by atoms with van der Waals surface area (Å²) in [4.78, 5) is 7.12. The van der Waals surface area contributed by atoms with Gasteiger partial charge in [-0.05, 0) is 23.8 Å². The molecule has 0 bridgehead atoms. The molecule has 22 heavy (non-hydrogen) atoms. The maximum absolute atomic E-state index is 12.5. The van der Waals surface area contributed by atoms with Gasteiger partial charge in [0, 0.05) is 17.8 Å². The highest BCUT2D eigenvalue weighted by Crippen LogP contribution is 2.27. The number of hydrogen-bond donors (Lipinski definition) is 1. The Hall–Kier alpha value is -1.86. The lowest BCUT2D eigenvalue weighted by Gasteiger charge is -2.09. The summed E-state index contributed by atoms with van der Waals surface area (Å²) in [5.41, 5.74) is -0.0215. The van der Waals surface area contributed by atoms with Gasteiger partial charge in [-0.25, -0.2) is 9.97 Å². The minimum absolute atomic E-state index is 0.0788. The lowest BCUT2D eigenvalue weighted by atomic mass is 10.2. The summed E-state index contributed by atoms with van der Waals surface area (Å²) in [5, 5.41) is 3.33. The molecular weight excluding hydrogens is 319 g/mol. The van der Waals surface area contributed by atoms with Crippen molar-refractivity contribution in [1.82, 2.24) is 9.97 Å². The summed E-state index contributed by atoms with van der Waals surface area (Å²) in [6.45, 7) is 0.999. The van der Waals surface area contributed by atoms with Crippen LogP contribution in [0.1, 0.15) is 11.3 Å². The molecule has 0 saturated heterocycles. The summed E-state index contributed by atoms with van der Waals surface area (Å²) in [5.74, 6) is -0.0788. The van der Waals surface area contributed by atoms with Crippen LogP contribution < -0.4 is 5.32 Å². The van der Waals surface area contributed by atoms with Crippen LogP contribution in [0.5, 0.6) is 0 Å². The van der Waals surface area contributed by atoms with Crippen molar-refractivity contribution in [3.05, 3.63) is 52.8 Å². The predicted molar refractivity (Wildman–Crippen MR) is 76.6 cm³/mol. The number of nitrogens with one attached hydrogen (secondary N) is 1. The SMILES string of the molecule is FC(F)(F)c1ccnc(NCCOCc2ccc(Cl)cc2)n1. The van der Waals surface area contributed by atoms with Crippen molar-refractivity contribution < 1.29 is 17.9 Å². The monoisotopic (exact) mass is 331 g/mol. The van der Waals surface area contributed by atoms with Gasteiger partial charge in [-0.15, -0.1) is 0 Å². The topological polar surface area (TPSA) is 47.0 Å². The Morgan fingerprint density at radius 2 is 1.86 bits per heavy atom. The van der Waals surface area contributed by atoms with Gasteiger partial charge in [0.1, 0.15) is 5.69 Å². The molecule has 0 amide bonds. The number of halogens is 4. The highest BCUT2D eigenvalue weighted by atomic mass is 35.5. The first kappa shape index (κ1) is 16.5. The second-order valence-electron chi connectivity index (χ2n) is 4.37. The highest BCUT2D eigenvalue weighted by molar-refractivity contribution is 6.30. The van der Waals surface area contributed by atoms with Gasteiger partial charge in [0.15, 0.2) is 0 Å². The highest BCUT2D eigenvalue weighted by Gasteiger charge is 2.32. The van der Waals surface area contributed by atoms with E-state index < -0.39 is 11.9 Å². The van der Waals surface area contributed by atoms with Crippen molar-refractivity contribution in [1.29, 1.82) is 0 Å². The number of anilines is 1. The molecule has 2 aromatic rings. The van der Waals surface area contributed by atoms with Crippen LogP contribution in [0.4, 0.5) is 19.1 Å². The largest absolute Gasteiger partial charge is 0.433 e. The first-order valence-corrected chi connectivity index (χ1v) is 6.79. The number of hydrogen-bond acceptors (Lipinski definition) is 4. The molecule has 2 rings (SSSR count). The number of ether oxygens (including phenoxy) is 1. The summed E-state index contributed by atoms with van der Waals surface area (Å²) in [7, 11) is 0. The molecule has 1 N–H and O–H groups in total. The predicted octanol–water partition coefficient (Wildman–Crippen LogP) is 3.78. The lowest BCUT2D eigenvalue weighted by molar-refractivity contribution is -0.141. The number of rotatable bonds is 6. The first-order valence-electron chi connectivity index (χ1n) is 6.41. The minimum Gasteiger partial charge on any atom is -0.375 e. The second kappa shape index (κ2) is 7.42. The number of aromatic nitrogens is 2. The Morgan fingerprint density at radius 1 is 1.14 bits per heavy atom. The molecule has 0 saturated carbocycles. The van der Waals surface area contributed by atoms with E-state index in [1.54, 1.807) is 12.1 Å². The number of alkyl halides is 3. The van der Waals surface area contributed by atoms with Gasteiger partial charge in [0.25, 0.3) is 0 Å². The van der Waals surface area contributed by atoms with Gasteiger partial charge in [-0.1, -0.05) is 23.7 Å². The molecule has 1 heterocycles. The Morgan fingerprint density at radius 3 is 2.55 bits per heavy atom. The van der Waals surface area contributed by atoms with Gasteiger partial charge in [-0.3, -0.25) is 0 Å². The maximum atomic E-state index is 12.5. The minimum atomic E-state index is -4.48. The van der Waals surface area contributed by atoms with Crippen molar-refractivity contribution >= 4 is 17.5 Å². The van der Waals surface area contributed by atoms with Crippen molar-refractivity contribution in [2.45, 2.75) is 12.8 Å². The second-order valence-corrected chi connectivity index (χ2v) is 4.81.